The van der Waals surface area contributed by atoms with Gasteiger partial charge in [-0.25, -0.2) is 0 Å². The van der Waals surface area contributed by atoms with Gasteiger partial charge in [0.1, 0.15) is 0 Å². The average Bonchev–Trinajstić information content (AvgIpc) is 3.03. The van der Waals surface area contributed by atoms with Crippen LogP contribution in [0.5, 0.6) is 11.5 Å². The molecular formula is C35H39ClN2O4. The van der Waals surface area contributed by atoms with Crippen molar-refractivity contribution in [1.82, 2.24) is 9.80 Å². The van der Waals surface area contributed by atoms with Gasteiger partial charge in [0.25, 0.3) is 0 Å². The maximum absolute atomic E-state index is 14.2. The van der Waals surface area contributed by atoms with Gasteiger partial charge < -0.3 is 19.3 Å². The highest BCUT2D eigenvalue weighted by atomic mass is 35.5. The Balaban J connectivity index is 1.68. The first-order chi connectivity index (χ1) is 20.3. The number of carbonyl (C=O) groups excluding carboxylic acids is 2. The van der Waals surface area contributed by atoms with Crippen LogP contribution in [0.4, 0.5) is 0 Å². The molecule has 2 aliphatic rings. The van der Waals surface area contributed by atoms with E-state index in [0.29, 0.717) is 35.1 Å². The molecule has 1 amide bonds. The lowest BCUT2D eigenvalue weighted by molar-refractivity contribution is -0.130. The van der Waals surface area contributed by atoms with E-state index in [9.17, 15) is 9.59 Å². The molecular weight excluding hydrogens is 548 g/mol. The molecule has 2 aliphatic carbocycles. The fourth-order valence-electron chi connectivity index (χ4n) is 6.34. The summed E-state index contributed by atoms with van der Waals surface area (Å²) in [6, 6.07) is 15.3. The van der Waals surface area contributed by atoms with Crippen molar-refractivity contribution in [1.29, 1.82) is 0 Å². The number of ether oxygens (including phenoxy) is 2. The van der Waals surface area contributed by atoms with Crippen LogP contribution in [-0.2, 0) is 11.2 Å². The van der Waals surface area contributed by atoms with Crippen LogP contribution in [0.2, 0.25) is 5.02 Å². The number of rotatable bonds is 10. The second-order valence-electron chi connectivity index (χ2n) is 10.9. The first-order valence-corrected chi connectivity index (χ1v) is 15.1. The number of halogens is 1. The van der Waals surface area contributed by atoms with Crippen molar-refractivity contribution in [2.45, 2.75) is 39.0 Å². The number of methoxy groups -OCH3 is 2. The minimum atomic E-state index is -0.486. The van der Waals surface area contributed by atoms with Crippen LogP contribution in [0.3, 0.4) is 0 Å². The van der Waals surface area contributed by atoms with Gasteiger partial charge >= 0.3 is 0 Å². The van der Waals surface area contributed by atoms with E-state index < -0.39 is 5.92 Å². The van der Waals surface area contributed by atoms with Crippen LogP contribution in [0.25, 0.3) is 11.6 Å². The number of hydrogen-bond donors (Lipinski definition) is 0. The van der Waals surface area contributed by atoms with Gasteiger partial charge in [-0.3, -0.25) is 9.59 Å². The van der Waals surface area contributed by atoms with Crippen molar-refractivity contribution in [2.24, 2.45) is 0 Å². The Kier molecular flexibility index (Phi) is 9.05. The largest absolute Gasteiger partial charge is 0.493 e. The molecule has 0 radical (unpaired) electrons. The lowest BCUT2D eigenvalue weighted by Crippen LogP contribution is -2.40. The zero-order valence-electron chi connectivity index (χ0n) is 25.1. The Morgan fingerprint density at radius 3 is 2.36 bits per heavy atom. The molecule has 7 heteroatoms. The maximum Gasteiger partial charge on any atom is 0.233 e. The number of Topliss-reactive ketones (excluding diaryl/α,β-unsaturated/α-hetero) is 1. The highest BCUT2D eigenvalue weighted by molar-refractivity contribution is 6.30. The van der Waals surface area contributed by atoms with Gasteiger partial charge in [0, 0.05) is 36.3 Å². The third-order valence-electron chi connectivity index (χ3n) is 8.73. The van der Waals surface area contributed by atoms with Crippen molar-refractivity contribution in [3.05, 3.63) is 91.1 Å². The molecule has 5 rings (SSSR count). The molecule has 0 fully saturated rings. The number of amides is 1. The smallest absolute Gasteiger partial charge is 0.233 e. The van der Waals surface area contributed by atoms with Crippen molar-refractivity contribution in [3.63, 3.8) is 0 Å². The molecule has 0 N–H and O–H groups in total. The zero-order chi connectivity index (χ0) is 30.0. The normalized spacial score (nSPS) is 15.3. The molecule has 0 aliphatic heterocycles. The summed E-state index contributed by atoms with van der Waals surface area (Å²) in [5.74, 6) is 0.628. The number of carbonyl (C=O) groups is 2. The Labute approximate surface area is 252 Å². The molecule has 42 heavy (non-hydrogen) atoms. The van der Waals surface area contributed by atoms with E-state index in [1.54, 1.807) is 32.4 Å². The summed E-state index contributed by atoms with van der Waals surface area (Å²) in [4.78, 5) is 32.2. The van der Waals surface area contributed by atoms with Gasteiger partial charge in [-0.05, 0) is 88.6 Å². The Morgan fingerprint density at radius 2 is 1.64 bits per heavy atom. The fraction of sp³-hybridized carbons (Fsp3) is 0.371. The molecule has 0 spiro atoms. The number of ketones is 1. The molecule has 3 aromatic carbocycles. The van der Waals surface area contributed by atoms with Crippen LogP contribution >= 0.6 is 11.6 Å². The predicted octanol–water partition coefficient (Wildman–Crippen LogP) is 4.69. The molecule has 0 saturated heterocycles. The van der Waals surface area contributed by atoms with Gasteiger partial charge in [-0.2, -0.15) is 0 Å². The molecule has 0 bridgehead atoms. The van der Waals surface area contributed by atoms with Crippen molar-refractivity contribution >= 4 is 34.9 Å². The quantitative estimate of drug-likeness (QED) is 0.323. The SMILES string of the molecule is CCN(CC)CCN(C)C(=O)C1C=c2c(Cl)cccc2=c2ccc3c(c21)CCCC=3C(=O)c1ccc(OC)c(OC)c1. The summed E-state index contributed by atoms with van der Waals surface area (Å²) in [7, 11) is 5.03. The van der Waals surface area contributed by atoms with Crippen LogP contribution in [-0.4, -0.2) is 68.9 Å². The van der Waals surface area contributed by atoms with E-state index in [1.807, 2.05) is 30.2 Å². The summed E-state index contributed by atoms with van der Waals surface area (Å²) >= 11 is 6.69. The Bertz CT molecular complexity index is 1750. The minimum Gasteiger partial charge on any atom is -0.493 e. The van der Waals surface area contributed by atoms with E-state index in [2.05, 4.69) is 36.9 Å². The number of benzene rings is 3. The van der Waals surface area contributed by atoms with E-state index in [1.165, 1.54) is 0 Å². The van der Waals surface area contributed by atoms with Gasteiger partial charge in [0.2, 0.25) is 5.91 Å². The van der Waals surface area contributed by atoms with Gasteiger partial charge in [-0.15, -0.1) is 0 Å². The van der Waals surface area contributed by atoms with Crippen molar-refractivity contribution in [2.75, 3.05) is 47.4 Å². The highest BCUT2D eigenvalue weighted by Crippen LogP contribution is 2.33. The molecule has 1 atom stereocenters. The first kappa shape index (κ1) is 29.9. The van der Waals surface area contributed by atoms with Crippen LogP contribution in [0.1, 0.15) is 54.1 Å². The molecule has 220 valence electrons. The van der Waals surface area contributed by atoms with Gasteiger partial charge in [0.15, 0.2) is 17.3 Å². The highest BCUT2D eigenvalue weighted by Gasteiger charge is 2.30. The summed E-state index contributed by atoms with van der Waals surface area (Å²) < 4.78 is 10.8. The monoisotopic (exact) mass is 586 g/mol. The second-order valence-corrected chi connectivity index (χ2v) is 11.3. The fourth-order valence-corrected chi connectivity index (χ4v) is 6.57. The number of likely N-dealkylation sites (N-methyl/N-ethyl adjacent to an activating group) is 2. The number of hydrogen-bond acceptors (Lipinski definition) is 5. The van der Waals surface area contributed by atoms with Crippen LogP contribution < -0.4 is 19.9 Å². The maximum atomic E-state index is 14.2. The Hall–Kier alpha value is -3.61. The van der Waals surface area contributed by atoms with Gasteiger partial charge in [0.05, 0.1) is 20.1 Å². The summed E-state index contributed by atoms with van der Waals surface area (Å²) in [5.41, 5.74) is 3.41. The molecule has 3 aromatic rings. The summed E-state index contributed by atoms with van der Waals surface area (Å²) in [6.45, 7) is 7.62. The summed E-state index contributed by atoms with van der Waals surface area (Å²) in [5, 5.41) is 4.50. The Morgan fingerprint density at radius 1 is 0.905 bits per heavy atom. The predicted molar refractivity (Wildman–Crippen MR) is 168 cm³/mol. The second kappa shape index (κ2) is 12.7. The first-order valence-electron chi connectivity index (χ1n) is 14.7. The summed E-state index contributed by atoms with van der Waals surface area (Å²) in [6.07, 6.45) is 4.34. The standard InChI is InChI=1S/C35H39ClN2O4/c1-6-38(7-2)19-18-37(3)35(40)29-21-28-23(10-9-13-30(28)36)26-16-15-24-25(33(26)29)11-8-12-27(24)34(39)22-14-17-31(41-4)32(20-22)42-5/h9-10,13-17,20-21,29H,6-8,11-12,18-19H2,1-5H3. The number of fused-ring (bicyclic) bond motifs is 4. The van der Waals surface area contributed by atoms with E-state index in [0.717, 1.165) is 70.1 Å². The van der Waals surface area contributed by atoms with E-state index in [4.69, 9.17) is 21.1 Å². The zero-order valence-corrected chi connectivity index (χ0v) is 25.9. The van der Waals surface area contributed by atoms with E-state index in [-0.39, 0.29) is 11.7 Å². The molecule has 0 heterocycles. The molecule has 0 saturated carbocycles. The van der Waals surface area contributed by atoms with Crippen LogP contribution in [0.15, 0.2) is 48.5 Å². The third-order valence-corrected chi connectivity index (χ3v) is 9.06. The van der Waals surface area contributed by atoms with Crippen molar-refractivity contribution < 1.29 is 19.1 Å². The molecule has 6 nitrogen and oxygen atoms in total. The topological polar surface area (TPSA) is 59.1 Å². The average molecular weight is 587 g/mol. The minimum absolute atomic E-state index is 0.0284. The van der Waals surface area contributed by atoms with Crippen molar-refractivity contribution in [3.8, 4) is 11.5 Å². The van der Waals surface area contributed by atoms with Gasteiger partial charge in [-0.1, -0.05) is 55.8 Å². The third kappa shape index (κ3) is 5.46. The molecule has 0 aromatic heterocycles. The number of nitrogens with zero attached hydrogens (tertiary/aromatic N) is 2. The lowest BCUT2D eigenvalue weighted by atomic mass is 9.79. The lowest BCUT2D eigenvalue weighted by Gasteiger charge is -2.29. The van der Waals surface area contributed by atoms with Crippen LogP contribution in [0, 0.1) is 10.4 Å². The molecule has 1 unspecified atom stereocenters. The van der Waals surface area contributed by atoms with E-state index >= 15 is 0 Å².